The Hall–Kier alpha value is -1.000. The lowest BCUT2D eigenvalue weighted by molar-refractivity contribution is 0.305. The van der Waals surface area contributed by atoms with Gasteiger partial charge in [0.25, 0.3) is 0 Å². The van der Waals surface area contributed by atoms with Crippen molar-refractivity contribution in [1.82, 2.24) is 0 Å². The van der Waals surface area contributed by atoms with Crippen molar-refractivity contribution >= 4 is 33.0 Å². The summed E-state index contributed by atoms with van der Waals surface area (Å²) in [6.07, 6.45) is 0. The molecular formula is C13H14BrNOS. The first-order valence-corrected chi connectivity index (χ1v) is 6.96. The molecule has 0 radical (unpaired) electrons. The van der Waals surface area contributed by atoms with E-state index in [2.05, 4.69) is 27.4 Å². The average Bonchev–Trinajstić information content (AvgIpc) is 2.62. The predicted molar refractivity (Wildman–Crippen MR) is 76.7 cm³/mol. The number of aryl methyl sites for hydroxylation is 2. The van der Waals surface area contributed by atoms with Crippen LogP contribution in [0.2, 0.25) is 0 Å². The molecule has 2 rings (SSSR count). The van der Waals surface area contributed by atoms with Crippen LogP contribution in [0.15, 0.2) is 28.1 Å². The molecule has 0 aliphatic heterocycles. The molecule has 2 aromatic rings. The van der Waals surface area contributed by atoms with Gasteiger partial charge in [0.1, 0.15) is 12.4 Å². The minimum atomic E-state index is 0.599. The summed E-state index contributed by atoms with van der Waals surface area (Å²) < 4.78 is 6.96. The monoisotopic (exact) mass is 311 g/mol. The highest BCUT2D eigenvalue weighted by Crippen LogP contribution is 2.28. The number of nitrogen functional groups attached to an aromatic ring is 1. The fraction of sp³-hybridized carbons (Fsp3) is 0.231. The van der Waals surface area contributed by atoms with E-state index in [0.717, 1.165) is 27.0 Å². The molecule has 2 N–H and O–H groups in total. The van der Waals surface area contributed by atoms with Crippen LogP contribution < -0.4 is 10.5 Å². The smallest absolute Gasteiger partial charge is 0.125 e. The van der Waals surface area contributed by atoms with Gasteiger partial charge in [-0.1, -0.05) is 0 Å². The molecule has 0 saturated carbocycles. The van der Waals surface area contributed by atoms with Crippen molar-refractivity contribution in [2.75, 3.05) is 5.73 Å². The lowest BCUT2D eigenvalue weighted by Crippen LogP contribution is -1.98. The highest BCUT2D eigenvalue weighted by Gasteiger charge is 2.06. The molecule has 17 heavy (non-hydrogen) atoms. The Morgan fingerprint density at radius 2 is 1.88 bits per heavy atom. The van der Waals surface area contributed by atoms with E-state index in [4.69, 9.17) is 10.5 Å². The van der Waals surface area contributed by atoms with Crippen LogP contribution in [-0.4, -0.2) is 0 Å². The zero-order valence-corrected chi connectivity index (χ0v) is 12.2. The van der Waals surface area contributed by atoms with Crippen molar-refractivity contribution in [2.24, 2.45) is 0 Å². The molecule has 4 heteroatoms. The van der Waals surface area contributed by atoms with Crippen LogP contribution in [0, 0.1) is 13.8 Å². The lowest BCUT2D eigenvalue weighted by Gasteiger charge is -2.12. The third-order valence-electron chi connectivity index (χ3n) is 2.46. The maximum atomic E-state index is 5.86. The first-order valence-electron chi connectivity index (χ1n) is 5.28. The van der Waals surface area contributed by atoms with E-state index >= 15 is 0 Å². The number of rotatable bonds is 3. The maximum Gasteiger partial charge on any atom is 0.125 e. The Kier molecular flexibility index (Phi) is 3.74. The van der Waals surface area contributed by atoms with E-state index in [1.54, 1.807) is 11.3 Å². The summed E-state index contributed by atoms with van der Waals surface area (Å²) in [5, 5.41) is 2.06. The van der Waals surface area contributed by atoms with Crippen LogP contribution in [0.25, 0.3) is 0 Å². The molecule has 0 aliphatic rings. The molecule has 90 valence electrons. The fourth-order valence-corrected chi connectivity index (χ4v) is 3.15. The van der Waals surface area contributed by atoms with Crippen LogP contribution in [0.3, 0.4) is 0 Å². The van der Waals surface area contributed by atoms with Crippen LogP contribution in [-0.2, 0) is 6.61 Å². The summed E-state index contributed by atoms with van der Waals surface area (Å²) in [7, 11) is 0. The number of hydrogen-bond donors (Lipinski definition) is 1. The Balaban J connectivity index is 2.14. The number of halogens is 1. The summed E-state index contributed by atoms with van der Waals surface area (Å²) in [5.41, 5.74) is 8.73. The zero-order chi connectivity index (χ0) is 12.4. The Labute approximate surface area is 114 Å². The summed E-state index contributed by atoms with van der Waals surface area (Å²) in [4.78, 5) is 1.20. The fourth-order valence-electron chi connectivity index (χ4n) is 1.78. The molecule has 1 aromatic heterocycles. The molecule has 0 bridgehead atoms. The Bertz CT molecular complexity index is 513. The number of hydrogen-bond acceptors (Lipinski definition) is 3. The second kappa shape index (κ2) is 5.10. The van der Waals surface area contributed by atoms with Gasteiger partial charge in [-0.3, -0.25) is 0 Å². The van der Waals surface area contributed by atoms with Crippen molar-refractivity contribution in [2.45, 2.75) is 20.5 Å². The van der Waals surface area contributed by atoms with Gasteiger partial charge in [0.2, 0.25) is 0 Å². The molecule has 0 spiro atoms. The normalized spacial score (nSPS) is 10.5. The molecule has 0 atom stereocenters. The number of nitrogens with two attached hydrogens (primary N) is 1. The summed E-state index contributed by atoms with van der Waals surface area (Å²) in [6, 6.07) is 5.95. The van der Waals surface area contributed by atoms with E-state index in [1.807, 2.05) is 26.0 Å². The zero-order valence-electron chi connectivity index (χ0n) is 9.79. The van der Waals surface area contributed by atoms with Crippen molar-refractivity contribution in [3.63, 3.8) is 0 Å². The number of ether oxygens (including phenoxy) is 1. The molecule has 0 unspecified atom stereocenters. The first kappa shape index (κ1) is 12.5. The molecular weight excluding hydrogens is 298 g/mol. The van der Waals surface area contributed by atoms with Crippen molar-refractivity contribution in [3.05, 3.63) is 44.1 Å². The third kappa shape index (κ3) is 3.01. The van der Waals surface area contributed by atoms with Gasteiger partial charge in [-0.25, -0.2) is 0 Å². The lowest BCUT2D eigenvalue weighted by atomic mass is 10.1. The maximum absolute atomic E-state index is 5.86. The molecule has 0 aliphatic carbocycles. The topological polar surface area (TPSA) is 35.2 Å². The Morgan fingerprint density at radius 1 is 1.24 bits per heavy atom. The van der Waals surface area contributed by atoms with E-state index in [9.17, 15) is 0 Å². The van der Waals surface area contributed by atoms with Gasteiger partial charge in [0, 0.05) is 20.4 Å². The van der Waals surface area contributed by atoms with Crippen LogP contribution in [0.4, 0.5) is 5.69 Å². The van der Waals surface area contributed by atoms with Crippen molar-refractivity contribution < 1.29 is 4.74 Å². The van der Waals surface area contributed by atoms with Gasteiger partial charge in [0.15, 0.2) is 0 Å². The SMILES string of the molecule is Cc1cc(N)cc(C)c1OCc1cc(Br)cs1. The van der Waals surface area contributed by atoms with Crippen molar-refractivity contribution in [1.29, 1.82) is 0 Å². The van der Waals surface area contributed by atoms with Gasteiger partial charge >= 0.3 is 0 Å². The molecule has 1 aromatic carbocycles. The standard InChI is InChI=1S/C13H14BrNOS/c1-8-3-11(15)4-9(2)13(8)16-6-12-5-10(14)7-17-12/h3-5,7H,6,15H2,1-2H3. The van der Waals surface area contributed by atoms with Crippen LogP contribution in [0.1, 0.15) is 16.0 Å². The minimum absolute atomic E-state index is 0.599. The largest absolute Gasteiger partial charge is 0.488 e. The van der Waals surface area contributed by atoms with Crippen LogP contribution >= 0.6 is 27.3 Å². The third-order valence-corrected chi connectivity index (χ3v) is 4.13. The molecule has 0 amide bonds. The quantitative estimate of drug-likeness (QED) is 0.858. The van der Waals surface area contributed by atoms with E-state index in [-0.39, 0.29) is 0 Å². The van der Waals surface area contributed by atoms with E-state index < -0.39 is 0 Å². The second-order valence-electron chi connectivity index (χ2n) is 4.00. The highest BCUT2D eigenvalue weighted by molar-refractivity contribution is 9.10. The van der Waals surface area contributed by atoms with Gasteiger partial charge < -0.3 is 10.5 Å². The molecule has 1 heterocycles. The van der Waals surface area contributed by atoms with Gasteiger partial charge in [-0.15, -0.1) is 11.3 Å². The number of thiophene rings is 1. The van der Waals surface area contributed by atoms with Gasteiger partial charge in [-0.05, 0) is 59.1 Å². The van der Waals surface area contributed by atoms with Gasteiger partial charge in [-0.2, -0.15) is 0 Å². The summed E-state index contributed by atoms with van der Waals surface area (Å²) in [5.74, 6) is 0.934. The van der Waals surface area contributed by atoms with Crippen LogP contribution in [0.5, 0.6) is 5.75 Å². The van der Waals surface area contributed by atoms with E-state index in [0.29, 0.717) is 6.61 Å². The highest BCUT2D eigenvalue weighted by atomic mass is 79.9. The molecule has 0 saturated heterocycles. The first-order chi connectivity index (χ1) is 8.06. The number of anilines is 1. The molecule has 2 nitrogen and oxygen atoms in total. The minimum Gasteiger partial charge on any atom is -0.488 e. The second-order valence-corrected chi connectivity index (χ2v) is 5.92. The summed E-state index contributed by atoms with van der Waals surface area (Å²) in [6.45, 7) is 4.63. The van der Waals surface area contributed by atoms with Gasteiger partial charge in [0.05, 0.1) is 0 Å². The van der Waals surface area contributed by atoms with Crippen molar-refractivity contribution in [3.8, 4) is 5.75 Å². The molecule has 0 fully saturated rings. The summed E-state index contributed by atoms with van der Waals surface area (Å²) >= 11 is 5.12. The Morgan fingerprint density at radius 3 is 2.41 bits per heavy atom. The predicted octanol–water partition coefficient (Wildman–Crippen LogP) is 4.29. The average molecular weight is 312 g/mol. The van der Waals surface area contributed by atoms with E-state index in [1.165, 1.54) is 4.88 Å². The number of benzene rings is 1.